The zero-order chi connectivity index (χ0) is 31.1. The fourth-order valence-corrected chi connectivity index (χ4v) is 3.90. The highest BCUT2D eigenvalue weighted by atomic mass is 19.4. The summed E-state index contributed by atoms with van der Waals surface area (Å²) in [5.74, 6) is -0.899. The number of alkyl halides is 3. The van der Waals surface area contributed by atoms with Crippen LogP contribution in [0.3, 0.4) is 0 Å². The lowest BCUT2D eigenvalue weighted by Gasteiger charge is -2.12. The number of carbonyl (C=O) groups is 2. The molecule has 43 heavy (non-hydrogen) atoms. The van der Waals surface area contributed by atoms with Gasteiger partial charge in [0.2, 0.25) is 0 Å². The van der Waals surface area contributed by atoms with E-state index in [1.165, 1.54) is 50.2 Å². The van der Waals surface area contributed by atoms with E-state index in [9.17, 15) is 22.8 Å². The van der Waals surface area contributed by atoms with Crippen molar-refractivity contribution in [2.45, 2.75) is 13.1 Å². The van der Waals surface area contributed by atoms with Crippen LogP contribution in [0.4, 0.5) is 13.2 Å². The molecule has 15 heteroatoms. The molecule has 224 valence electrons. The van der Waals surface area contributed by atoms with E-state index in [4.69, 9.17) is 19.3 Å². The minimum absolute atomic E-state index is 0.0556. The van der Waals surface area contributed by atoms with Gasteiger partial charge in [-0.15, -0.1) is 5.10 Å². The molecule has 5 aromatic rings. The number of hydrogen-bond acceptors (Lipinski definition) is 8. The molecule has 5 rings (SSSR count). The second-order valence-corrected chi connectivity index (χ2v) is 8.58. The zero-order valence-corrected chi connectivity index (χ0v) is 23.0. The number of ether oxygens (including phenoxy) is 3. The van der Waals surface area contributed by atoms with Crippen molar-refractivity contribution < 1.29 is 42.1 Å². The maximum Gasteiger partial charge on any atom is 0.434 e. The van der Waals surface area contributed by atoms with Gasteiger partial charge >= 0.3 is 18.1 Å². The van der Waals surface area contributed by atoms with Crippen LogP contribution in [0.25, 0.3) is 22.6 Å². The monoisotopic (exact) mass is 598 g/mol. The van der Waals surface area contributed by atoms with Crippen LogP contribution in [0.5, 0.6) is 11.5 Å². The number of carbonyl (C=O) groups excluding carboxylic acids is 1. The molecular formula is C28H25F3N6O6. The molecule has 2 N–H and O–H groups in total. The Bertz CT molecular complexity index is 1690. The number of aromatic nitrogens is 6. The van der Waals surface area contributed by atoms with Crippen LogP contribution in [-0.4, -0.2) is 67.6 Å². The number of aromatic amines is 1. The standard InChI is InChI=1S/C23H20F3N5O4.C5H5NO2/c1-4-35-22(32)17-12-27-31(21(17)23(24,25)26)15-7-5-14(6-8-15)18-13-30(29-28-18)16-9-10-19(33-2)20(11-16)34-3;7-5(8)4-1-2-6-3-4/h5-13H,4H2,1-3H3;1-3,6H,(H,7,8). The number of halogens is 3. The van der Waals surface area contributed by atoms with E-state index in [2.05, 4.69) is 20.4 Å². The smallest absolute Gasteiger partial charge is 0.434 e. The van der Waals surface area contributed by atoms with Gasteiger partial charge in [0.1, 0.15) is 11.3 Å². The van der Waals surface area contributed by atoms with Gasteiger partial charge in [-0.3, -0.25) is 0 Å². The minimum Gasteiger partial charge on any atom is -0.493 e. The van der Waals surface area contributed by atoms with Crippen molar-refractivity contribution in [3.8, 4) is 34.1 Å². The van der Waals surface area contributed by atoms with Gasteiger partial charge in [-0.1, -0.05) is 17.3 Å². The van der Waals surface area contributed by atoms with E-state index in [0.29, 0.717) is 38.7 Å². The number of nitrogens with zero attached hydrogens (tertiary/aromatic N) is 5. The fourth-order valence-electron chi connectivity index (χ4n) is 3.90. The molecule has 3 aromatic heterocycles. The number of esters is 1. The fraction of sp³-hybridized carbons (Fsp3) is 0.179. The highest BCUT2D eigenvalue weighted by molar-refractivity contribution is 5.91. The molecule has 0 spiro atoms. The molecule has 0 aliphatic rings. The van der Waals surface area contributed by atoms with E-state index in [-0.39, 0.29) is 12.3 Å². The zero-order valence-electron chi connectivity index (χ0n) is 23.0. The number of benzene rings is 2. The maximum absolute atomic E-state index is 13.7. The van der Waals surface area contributed by atoms with E-state index in [1.807, 2.05) is 0 Å². The van der Waals surface area contributed by atoms with Gasteiger partial charge in [0.05, 0.1) is 50.2 Å². The molecule has 0 amide bonds. The van der Waals surface area contributed by atoms with Gasteiger partial charge in [0.25, 0.3) is 0 Å². The molecule has 0 bridgehead atoms. The summed E-state index contributed by atoms with van der Waals surface area (Å²) < 4.78 is 58.7. The molecule has 12 nitrogen and oxygen atoms in total. The maximum atomic E-state index is 13.7. The van der Waals surface area contributed by atoms with Crippen molar-refractivity contribution in [2.24, 2.45) is 0 Å². The van der Waals surface area contributed by atoms with Crippen molar-refractivity contribution >= 4 is 11.9 Å². The molecule has 0 atom stereocenters. The number of aromatic carboxylic acids is 1. The molecule has 0 fully saturated rings. The Balaban J connectivity index is 0.000000458. The summed E-state index contributed by atoms with van der Waals surface area (Å²) in [6.07, 6.45) is 0.707. The largest absolute Gasteiger partial charge is 0.493 e. The van der Waals surface area contributed by atoms with E-state index in [1.54, 1.807) is 42.7 Å². The van der Waals surface area contributed by atoms with Crippen molar-refractivity contribution in [3.63, 3.8) is 0 Å². The summed E-state index contributed by atoms with van der Waals surface area (Å²) in [4.78, 5) is 24.7. The second-order valence-electron chi connectivity index (χ2n) is 8.58. The molecule has 0 saturated heterocycles. The van der Waals surface area contributed by atoms with Crippen LogP contribution in [-0.2, 0) is 10.9 Å². The number of H-pyrrole nitrogens is 1. The summed E-state index contributed by atoms with van der Waals surface area (Å²) in [5, 5.41) is 20.3. The lowest BCUT2D eigenvalue weighted by atomic mass is 10.1. The van der Waals surface area contributed by atoms with Crippen molar-refractivity contribution in [3.05, 3.63) is 90.1 Å². The number of carboxylic acids is 1. The van der Waals surface area contributed by atoms with Crippen LogP contribution in [0.1, 0.15) is 33.3 Å². The Hall–Kier alpha value is -5.60. The van der Waals surface area contributed by atoms with Crippen LogP contribution < -0.4 is 9.47 Å². The molecule has 0 saturated carbocycles. The first-order chi connectivity index (χ1) is 20.6. The van der Waals surface area contributed by atoms with Crippen molar-refractivity contribution in [1.29, 1.82) is 0 Å². The van der Waals surface area contributed by atoms with Crippen LogP contribution in [0.15, 0.2) is 73.3 Å². The Kier molecular flexibility index (Phi) is 9.13. The van der Waals surface area contributed by atoms with Gasteiger partial charge in [0, 0.05) is 24.0 Å². The van der Waals surface area contributed by atoms with Crippen LogP contribution in [0, 0.1) is 0 Å². The number of methoxy groups -OCH3 is 2. The van der Waals surface area contributed by atoms with Gasteiger partial charge in [-0.2, -0.15) is 18.3 Å². The lowest BCUT2D eigenvalue weighted by molar-refractivity contribution is -0.143. The predicted octanol–water partition coefficient (Wildman–Crippen LogP) is 5.05. The number of hydrogen-bond donors (Lipinski definition) is 2. The van der Waals surface area contributed by atoms with Gasteiger partial charge in [-0.25, -0.2) is 19.0 Å². The summed E-state index contributed by atoms with van der Waals surface area (Å²) >= 11 is 0. The van der Waals surface area contributed by atoms with E-state index in [0.717, 1.165) is 6.20 Å². The van der Waals surface area contributed by atoms with Gasteiger partial charge in [0.15, 0.2) is 17.2 Å². The molecule has 0 aliphatic carbocycles. The highest BCUT2D eigenvalue weighted by Crippen LogP contribution is 2.34. The van der Waals surface area contributed by atoms with Crippen molar-refractivity contribution in [1.82, 2.24) is 29.8 Å². The summed E-state index contributed by atoms with van der Waals surface area (Å²) in [7, 11) is 3.06. The van der Waals surface area contributed by atoms with Crippen LogP contribution in [0.2, 0.25) is 0 Å². The molecule has 2 aromatic carbocycles. The molecule has 0 radical (unpaired) electrons. The molecule has 0 unspecified atom stereocenters. The number of rotatable bonds is 8. The Morgan fingerprint density at radius 3 is 2.26 bits per heavy atom. The number of nitrogens with one attached hydrogen (secondary N) is 1. The topological polar surface area (TPSA) is 146 Å². The van der Waals surface area contributed by atoms with Crippen molar-refractivity contribution in [2.75, 3.05) is 20.8 Å². The normalized spacial score (nSPS) is 10.9. The average molecular weight is 599 g/mol. The second kappa shape index (κ2) is 12.9. The Morgan fingerprint density at radius 1 is 1.00 bits per heavy atom. The lowest BCUT2D eigenvalue weighted by Crippen LogP contribution is -2.18. The first kappa shape index (κ1) is 30.4. The number of carboxylic acid groups (broad SMARTS) is 1. The first-order valence-electron chi connectivity index (χ1n) is 12.5. The summed E-state index contributed by atoms with van der Waals surface area (Å²) in [5.41, 5.74) is 0.344. The van der Waals surface area contributed by atoms with Gasteiger partial charge < -0.3 is 24.3 Å². The third kappa shape index (κ3) is 6.83. The minimum atomic E-state index is -4.82. The van der Waals surface area contributed by atoms with E-state index >= 15 is 0 Å². The quantitative estimate of drug-likeness (QED) is 0.234. The highest BCUT2D eigenvalue weighted by Gasteiger charge is 2.41. The molecular weight excluding hydrogens is 573 g/mol. The molecule has 3 heterocycles. The van der Waals surface area contributed by atoms with E-state index < -0.39 is 29.4 Å². The molecule has 0 aliphatic heterocycles. The summed E-state index contributed by atoms with van der Waals surface area (Å²) in [6.45, 7) is 1.45. The first-order valence-corrected chi connectivity index (χ1v) is 12.5. The average Bonchev–Trinajstić information content (AvgIpc) is 3.78. The Labute approximate surface area is 242 Å². The van der Waals surface area contributed by atoms with Crippen LogP contribution >= 0.6 is 0 Å². The summed E-state index contributed by atoms with van der Waals surface area (Å²) in [6, 6.07) is 12.8. The SMILES string of the molecule is CCOC(=O)c1cnn(-c2ccc(-c3cn(-c4ccc(OC)c(OC)c4)nn3)cc2)c1C(F)(F)F.O=C(O)c1cc[nH]c1. The third-order valence-electron chi connectivity index (χ3n) is 5.91. The third-order valence-corrected chi connectivity index (χ3v) is 5.91. The predicted molar refractivity (Wildman–Crippen MR) is 146 cm³/mol. The Morgan fingerprint density at radius 2 is 1.70 bits per heavy atom. The van der Waals surface area contributed by atoms with Gasteiger partial charge in [-0.05, 0) is 37.3 Å².